The topological polar surface area (TPSA) is 29.5 Å². The zero-order valence-electron chi connectivity index (χ0n) is 13.7. The minimum absolute atomic E-state index is 0.0531. The molecular formula is C20H20FNO2. The molecule has 2 atom stereocenters. The minimum Gasteiger partial charge on any atom is -0.495 e. The van der Waals surface area contributed by atoms with E-state index in [1.54, 1.807) is 19.2 Å². The fourth-order valence-corrected chi connectivity index (χ4v) is 3.77. The molecule has 1 heterocycles. The Kier molecular flexibility index (Phi) is 3.75. The summed E-state index contributed by atoms with van der Waals surface area (Å²) < 4.78 is 18.9. The van der Waals surface area contributed by atoms with Gasteiger partial charge in [0.25, 0.3) is 0 Å². The first-order chi connectivity index (χ1) is 11.7. The average Bonchev–Trinajstić information content (AvgIpc) is 3.41. The summed E-state index contributed by atoms with van der Waals surface area (Å²) in [5.74, 6) is 0.727. The van der Waals surface area contributed by atoms with Crippen LogP contribution in [0.2, 0.25) is 0 Å². The number of fused-ring (bicyclic) bond motifs is 1. The van der Waals surface area contributed by atoms with E-state index in [9.17, 15) is 9.18 Å². The van der Waals surface area contributed by atoms with Crippen LogP contribution in [0.5, 0.6) is 5.75 Å². The summed E-state index contributed by atoms with van der Waals surface area (Å²) in [7, 11) is 1.64. The molecule has 0 N–H and O–H groups in total. The standard InChI is InChI=1S/C20H20FNO2/c1-24-18-9-3-5-13-7-4-10-22(19(13)18)20(23)17-12-16(17)14-6-2-8-15(21)11-14/h2-3,5-6,8-9,11,16-17H,4,7,10,12H2,1H3/t16-,17-/m0/s1. The number of nitrogens with zero attached hydrogens (tertiary/aromatic N) is 1. The van der Waals surface area contributed by atoms with Crippen LogP contribution in [0.25, 0.3) is 0 Å². The molecule has 0 bridgehead atoms. The van der Waals surface area contributed by atoms with E-state index in [0.717, 1.165) is 48.4 Å². The van der Waals surface area contributed by atoms with Crippen molar-refractivity contribution in [1.29, 1.82) is 0 Å². The Hall–Kier alpha value is -2.36. The molecule has 0 radical (unpaired) electrons. The van der Waals surface area contributed by atoms with Gasteiger partial charge in [0.05, 0.1) is 12.8 Å². The number of halogens is 1. The first-order valence-corrected chi connectivity index (χ1v) is 8.42. The zero-order valence-corrected chi connectivity index (χ0v) is 13.7. The van der Waals surface area contributed by atoms with E-state index in [4.69, 9.17) is 4.74 Å². The summed E-state index contributed by atoms with van der Waals surface area (Å²) in [6.07, 6.45) is 2.72. The van der Waals surface area contributed by atoms with Gasteiger partial charge >= 0.3 is 0 Å². The molecule has 24 heavy (non-hydrogen) atoms. The summed E-state index contributed by atoms with van der Waals surface area (Å²) in [6.45, 7) is 0.721. The van der Waals surface area contributed by atoms with Crippen LogP contribution in [0.1, 0.15) is 29.9 Å². The van der Waals surface area contributed by atoms with Crippen LogP contribution in [0, 0.1) is 11.7 Å². The Morgan fingerprint density at radius 1 is 1.25 bits per heavy atom. The van der Waals surface area contributed by atoms with Gasteiger partial charge in [-0.2, -0.15) is 0 Å². The fourth-order valence-electron chi connectivity index (χ4n) is 3.77. The van der Waals surface area contributed by atoms with E-state index in [2.05, 4.69) is 6.07 Å². The fraction of sp³-hybridized carbons (Fsp3) is 0.350. The molecule has 0 saturated heterocycles. The third kappa shape index (κ3) is 2.56. The predicted molar refractivity (Wildman–Crippen MR) is 90.9 cm³/mol. The van der Waals surface area contributed by atoms with Gasteiger partial charge in [0.1, 0.15) is 11.6 Å². The predicted octanol–water partition coefficient (Wildman–Crippen LogP) is 3.92. The second kappa shape index (κ2) is 5.93. The number of amides is 1. The Morgan fingerprint density at radius 3 is 2.88 bits per heavy atom. The largest absolute Gasteiger partial charge is 0.495 e. The summed E-state index contributed by atoms with van der Waals surface area (Å²) in [6, 6.07) is 12.5. The first-order valence-electron chi connectivity index (χ1n) is 8.42. The van der Waals surface area contributed by atoms with Crippen molar-refractivity contribution < 1.29 is 13.9 Å². The smallest absolute Gasteiger partial charge is 0.230 e. The van der Waals surface area contributed by atoms with Gasteiger partial charge < -0.3 is 9.64 Å². The molecule has 4 heteroatoms. The Labute approximate surface area is 141 Å². The van der Waals surface area contributed by atoms with E-state index in [1.165, 1.54) is 6.07 Å². The number of carbonyl (C=O) groups is 1. The lowest BCUT2D eigenvalue weighted by atomic mass is 10.00. The SMILES string of the molecule is COc1cccc2c1N(C(=O)[C@H]1C[C@H]1c1cccc(F)c1)CCC2. The molecule has 2 aliphatic rings. The van der Waals surface area contributed by atoms with Crippen molar-refractivity contribution in [3.05, 3.63) is 59.4 Å². The van der Waals surface area contributed by atoms with Crippen LogP contribution in [-0.2, 0) is 11.2 Å². The van der Waals surface area contributed by atoms with Gasteiger partial charge in [0, 0.05) is 12.5 Å². The quantitative estimate of drug-likeness (QED) is 0.856. The van der Waals surface area contributed by atoms with E-state index in [0.29, 0.717) is 0 Å². The van der Waals surface area contributed by atoms with Crippen LogP contribution in [-0.4, -0.2) is 19.6 Å². The third-order valence-electron chi connectivity index (χ3n) is 5.05. The molecule has 1 fully saturated rings. The number of para-hydroxylation sites is 1. The van der Waals surface area contributed by atoms with Gasteiger partial charge in [-0.1, -0.05) is 24.3 Å². The van der Waals surface area contributed by atoms with Crippen molar-refractivity contribution in [3.63, 3.8) is 0 Å². The first kappa shape index (κ1) is 15.2. The molecule has 4 rings (SSSR count). The van der Waals surface area contributed by atoms with E-state index < -0.39 is 0 Å². The maximum absolute atomic E-state index is 13.4. The van der Waals surface area contributed by atoms with Crippen LogP contribution in [0.15, 0.2) is 42.5 Å². The molecule has 1 amide bonds. The van der Waals surface area contributed by atoms with Crippen LogP contribution < -0.4 is 9.64 Å². The monoisotopic (exact) mass is 325 g/mol. The van der Waals surface area contributed by atoms with Gasteiger partial charge in [-0.05, 0) is 54.5 Å². The number of aryl methyl sites for hydroxylation is 1. The number of anilines is 1. The molecule has 124 valence electrons. The second-order valence-electron chi connectivity index (χ2n) is 6.57. The maximum Gasteiger partial charge on any atom is 0.230 e. The van der Waals surface area contributed by atoms with Gasteiger partial charge in [-0.15, -0.1) is 0 Å². The zero-order chi connectivity index (χ0) is 16.7. The van der Waals surface area contributed by atoms with Gasteiger partial charge in [-0.25, -0.2) is 4.39 Å². The van der Waals surface area contributed by atoms with Gasteiger partial charge in [0.15, 0.2) is 0 Å². The molecule has 0 unspecified atom stereocenters. The highest BCUT2D eigenvalue weighted by molar-refractivity contribution is 5.99. The molecule has 2 aromatic rings. The molecule has 1 aliphatic heterocycles. The highest BCUT2D eigenvalue weighted by atomic mass is 19.1. The molecule has 0 spiro atoms. The van der Waals surface area contributed by atoms with Crippen LogP contribution in [0.3, 0.4) is 0 Å². The van der Waals surface area contributed by atoms with E-state index in [1.807, 2.05) is 23.1 Å². The molecule has 3 nitrogen and oxygen atoms in total. The third-order valence-corrected chi connectivity index (χ3v) is 5.05. The minimum atomic E-state index is -0.240. The summed E-state index contributed by atoms with van der Waals surface area (Å²) >= 11 is 0. The number of ether oxygens (including phenoxy) is 1. The van der Waals surface area contributed by atoms with E-state index in [-0.39, 0.29) is 23.6 Å². The van der Waals surface area contributed by atoms with Gasteiger partial charge in [-0.3, -0.25) is 4.79 Å². The van der Waals surface area contributed by atoms with Crippen molar-refractivity contribution in [2.45, 2.75) is 25.2 Å². The van der Waals surface area contributed by atoms with E-state index >= 15 is 0 Å². The molecule has 0 aromatic heterocycles. The number of methoxy groups -OCH3 is 1. The highest BCUT2D eigenvalue weighted by Gasteiger charge is 2.47. The molecule has 1 aliphatic carbocycles. The van der Waals surface area contributed by atoms with Crippen LogP contribution in [0.4, 0.5) is 10.1 Å². The normalized spacial score (nSPS) is 22.0. The number of benzene rings is 2. The summed E-state index contributed by atoms with van der Waals surface area (Å²) in [4.78, 5) is 14.9. The summed E-state index contributed by atoms with van der Waals surface area (Å²) in [5.41, 5.74) is 3.00. The highest BCUT2D eigenvalue weighted by Crippen LogP contribution is 2.50. The number of hydrogen-bond donors (Lipinski definition) is 0. The van der Waals surface area contributed by atoms with Crippen molar-refractivity contribution in [2.24, 2.45) is 5.92 Å². The lowest BCUT2D eigenvalue weighted by Crippen LogP contribution is -2.37. The average molecular weight is 325 g/mol. The molecular weight excluding hydrogens is 305 g/mol. The van der Waals surface area contributed by atoms with Crippen LogP contribution >= 0.6 is 0 Å². The maximum atomic E-state index is 13.4. The van der Waals surface area contributed by atoms with Crippen molar-refractivity contribution in [1.82, 2.24) is 0 Å². The lowest BCUT2D eigenvalue weighted by Gasteiger charge is -2.31. The van der Waals surface area contributed by atoms with Crippen molar-refractivity contribution in [2.75, 3.05) is 18.6 Å². The van der Waals surface area contributed by atoms with Crippen molar-refractivity contribution in [3.8, 4) is 5.75 Å². The lowest BCUT2D eigenvalue weighted by molar-refractivity contribution is -0.120. The molecule has 2 aromatic carbocycles. The number of rotatable bonds is 3. The Morgan fingerprint density at radius 2 is 2.08 bits per heavy atom. The Bertz CT molecular complexity index is 775. The number of carbonyl (C=O) groups excluding carboxylic acids is 1. The van der Waals surface area contributed by atoms with Crippen molar-refractivity contribution >= 4 is 11.6 Å². The summed E-state index contributed by atoms with van der Waals surface area (Å²) in [5, 5.41) is 0. The molecule has 1 saturated carbocycles. The number of hydrogen-bond acceptors (Lipinski definition) is 2. The second-order valence-corrected chi connectivity index (χ2v) is 6.57. The Balaban J connectivity index is 1.59. The van der Waals surface area contributed by atoms with Gasteiger partial charge in [0.2, 0.25) is 5.91 Å².